The molecule has 0 aliphatic heterocycles. The lowest BCUT2D eigenvalue weighted by atomic mass is 10.5. The summed E-state index contributed by atoms with van der Waals surface area (Å²) in [5.74, 6) is -0.411. The van der Waals surface area contributed by atoms with Crippen molar-refractivity contribution in [3.8, 4) is 0 Å². The molecular formula is C7H15O5P. The Morgan fingerprint density at radius 2 is 1.85 bits per heavy atom. The second-order valence-electron chi connectivity index (χ2n) is 2.58. The minimum Gasteiger partial charge on any atom is -0.462 e. The van der Waals surface area contributed by atoms with Gasteiger partial charge in [-0.25, -0.2) is 0 Å². The van der Waals surface area contributed by atoms with E-state index in [4.69, 9.17) is 4.74 Å². The smallest absolute Gasteiger partial charge is 0.333 e. The molecule has 0 aromatic carbocycles. The van der Waals surface area contributed by atoms with Crippen molar-refractivity contribution >= 4 is 13.6 Å². The van der Waals surface area contributed by atoms with Crippen LogP contribution >= 0.6 is 7.60 Å². The molecule has 0 amide bonds. The summed E-state index contributed by atoms with van der Waals surface area (Å²) in [6.45, 7) is 2.92. The fourth-order valence-electron chi connectivity index (χ4n) is 0.859. The first-order chi connectivity index (χ1) is 5.93. The average Bonchev–Trinajstić information content (AvgIpc) is 2.02. The molecule has 0 spiro atoms. The molecule has 6 heteroatoms. The topological polar surface area (TPSA) is 61.8 Å². The molecule has 0 saturated carbocycles. The van der Waals surface area contributed by atoms with Gasteiger partial charge in [0.2, 0.25) is 0 Å². The van der Waals surface area contributed by atoms with E-state index < -0.39 is 19.7 Å². The van der Waals surface area contributed by atoms with Crippen LogP contribution in [0.4, 0.5) is 0 Å². The van der Waals surface area contributed by atoms with Gasteiger partial charge in [-0.1, -0.05) is 0 Å². The van der Waals surface area contributed by atoms with Crippen molar-refractivity contribution in [2.45, 2.75) is 20.0 Å². The van der Waals surface area contributed by atoms with Crippen molar-refractivity contribution in [2.75, 3.05) is 20.4 Å². The van der Waals surface area contributed by atoms with Crippen LogP contribution < -0.4 is 0 Å². The molecule has 0 fully saturated rings. The number of hydrogen-bond acceptors (Lipinski definition) is 5. The SMILES string of the molecule is COP(=O)(C[C@@H](C)OC(C)=O)OC. The zero-order chi connectivity index (χ0) is 10.5. The maximum absolute atomic E-state index is 11.5. The van der Waals surface area contributed by atoms with Crippen molar-refractivity contribution < 1.29 is 23.1 Å². The molecule has 0 unspecified atom stereocenters. The fourth-order valence-corrected chi connectivity index (χ4v) is 2.01. The van der Waals surface area contributed by atoms with Gasteiger partial charge in [0.25, 0.3) is 0 Å². The minimum absolute atomic E-state index is 0.0690. The number of carbonyl (C=O) groups excluding carboxylic acids is 1. The van der Waals surface area contributed by atoms with Crippen molar-refractivity contribution in [1.29, 1.82) is 0 Å². The third-order valence-corrected chi connectivity index (χ3v) is 3.48. The molecule has 0 bridgehead atoms. The predicted octanol–water partition coefficient (Wildman–Crippen LogP) is 1.42. The van der Waals surface area contributed by atoms with E-state index in [0.29, 0.717) is 0 Å². The van der Waals surface area contributed by atoms with E-state index in [1.54, 1.807) is 6.92 Å². The Morgan fingerprint density at radius 3 is 2.15 bits per heavy atom. The largest absolute Gasteiger partial charge is 0.462 e. The van der Waals surface area contributed by atoms with Gasteiger partial charge < -0.3 is 13.8 Å². The third-order valence-electron chi connectivity index (χ3n) is 1.40. The van der Waals surface area contributed by atoms with Crippen LogP contribution in [0, 0.1) is 0 Å². The van der Waals surface area contributed by atoms with Crippen LogP contribution in [0.25, 0.3) is 0 Å². The molecule has 78 valence electrons. The first-order valence-corrected chi connectivity index (χ1v) is 5.54. The fraction of sp³-hybridized carbons (Fsp3) is 0.857. The molecule has 0 radical (unpaired) electrons. The van der Waals surface area contributed by atoms with Crippen LogP contribution in [0.3, 0.4) is 0 Å². The molecule has 0 rings (SSSR count). The van der Waals surface area contributed by atoms with E-state index >= 15 is 0 Å². The highest BCUT2D eigenvalue weighted by atomic mass is 31.2. The number of esters is 1. The molecule has 0 aromatic heterocycles. The van der Waals surface area contributed by atoms with E-state index in [0.717, 1.165) is 0 Å². The van der Waals surface area contributed by atoms with Crippen LogP contribution in [0.15, 0.2) is 0 Å². The predicted molar refractivity (Wildman–Crippen MR) is 47.7 cm³/mol. The highest BCUT2D eigenvalue weighted by molar-refractivity contribution is 7.53. The summed E-state index contributed by atoms with van der Waals surface area (Å²) in [5.41, 5.74) is 0. The zero-order valence-corrected chi connectivity index (χ0v) is 9.17. The Labute approximate surface area is 77.9 Å². The van der Waals surface area contributed by atoms with Crippen molar-refractivity contribution in [3.63, 3.8) is 0 Å². The molecule has 13 heavy (non-hydrogen) atoms. The van der Waals surface area contributed by atoms with E-state index in [-0.39, 0.29) is 6.16 Å². The maximum atomic E-state index is 11.5. The Morgan fingerprint density at radius 1 is 1.38 bits per heavy atom. The van der Waals surface area contributed by atoms with Crippen LogP contribution in [0.1, 0.15) is 13.8 Å². The van der Waals surface area contributed by atoms with Gasteiger partial charge in [0, 0.05) is 21.1 Å². The van der Waals surface area contributed by atoms with Crippen LogP contribution in [-0.4, -0.2) is 32.5 Å². The summed E-state index contributed by atoms with van der Waals surface area (Å²) >= 11 is 0. The van der Waals surface area contributed by atoms with Crippen molar-refractivity contribution in [1.82, 2.24) is 0 Å². The van der Waals surface area contributed by atoms with Gasteiger partial charge >= 0.3 is 13.6 Å². The lowest BCUT2D eigenvalue weighted by molar-refractivity contribution is -0.144. The first kappa shape index (κ1) is 12.6. The maximum Gasteiger partial charge on any atom is 0.333 e. The summed E-state index contributed by atoms with van der Waals surface area (Å²) in [7, 11) is -0.478. The standard InChI is InChI=1S/C7H15O5P/c1-6(12-7(2)8)5-13(9,10-3)11-4/h6H,5H2,1-4H3/t6-/m1/s1. The zero-order valence-electron chi connectivity index (χ0n) is 8.27. The van der Waals surface area contributed by atoms with Gasteiger partial charge in [0.15, 0.2) is 0 Å². The van der Waals surface area contributed by atoms with Gasteiger partial charge in [0.05, 0.1) is 6.16 Å². The molecule has 0 N–H and O–H groups in total. The highest BCUT2D eigenvalue weighted by Crippen LogP contribution is 2.47. The van der Waals surface area contributed by atoms with E-state index in [1.807, 2.05) is 0 Å². The Kier molecular flexibility index (Phi) is 5.21. The summed E-state index contributed by atoms with van der Waals surface area (Å²) in [5, 5.41) is 0. The van der Waals surface area contributed by atoms with Gasteiger partial charge in [0.1, 0.15) is 6.10 Å². The van der Waals surface area contributed by atoms with Crippen LogP contribution in [0.5, 0.6) is 0 Å². The summed E-state index contributed by atoms with van der Waals surface area (Å²) in [4.78, 5) is 10.5. The lowest BCUT2D eigenvalue weighted by Gasteiger charge is -2.17. The minimum atomic E-state index is -3.07. The van der Waals surface area contributed by atoms with Crippen LogP contribution in [0.2, 0.25) is 0 Å². The van der Waals surface area contributed by atoms with Gasteiger partial charge in [-0.05, 0) is 6.92 Å². The Bertz CT molecular complexity index is 207. The molecule has 1 atom stereocenters. The van der Waals surface area contributed by atoms with Gasteiger partial charge in [-0.2, -0.15) is 0 Å². The van der Waals surface area contributed by atoms with E-state index in [2.05, 4.69) is 9.05 Å². The molecule has 5 nitrogen and oxygen atoms in total. The molecule has 0 aromatic rings. The summed E-state index contributed by atoms with van der Waals surface area (Å²) in [6, 6.07) is 0. The number of ether oxygens (including phenoxy) is 1. The molecular weight excluding hydrogens is 195 g/mol. The second-order valence-corrected chi connectivity index (χ2v) is 4.90. The number of hydrogen-bond donors (Lipinski definition) is 0. The molecule has 0 aliphatic carbocycles. The quantitative estimate of drug-likeness (QED) is 0.507. The van der Waals surface area contributed by atoms with E-state index in [9.17, 15) is 9.36 Å². The first-order valence-electron chi connectivity index (χ1n) is 3.81. The Hall–Kier alpha value is -0.380. The monoisotopic (exact) mass is 210 g/mol. The van der Waals surface area contributed by atoms with Gasteiger partial charge in [-0.3, -0.25) is 9.36 Å². The highest BCUT2D eigenvalue weighted by Gasteiger charge is 2.25. The molecule has 0 aliphatic rings. The number of carbonyl (C=O) groups is 1. The lowest BCUT2D eigenvalue weighted by Crippen LogP contribution is -2.17. The van der Waals surface area contributed by atoms with Crippen molar-refractivity contribution in [2.24, 2.45) is 0 Å². The average molecular weight is 210 g/mol. The third kappa shape index (κ3) is 5.03. The second kappa shape index (κ2) is 5.37. The molecule has 0 saturated heterocycles. The van der Waals surface area contributed by atoms with Gasteiger partial charge in [-0.15, -0.1) is 0 Å². The van der Waals surface area contributed by atoms with Crippen molar-refractivity contribution in [3.05, 3.63) is 0 Å². The number of rotatable bonds is 5. The van der Waals surface area contributed by atoms with E-state index in [1.165, 1.54) is 21.1 Å². The normalized spacial score (nSPS) is 13.8. The Balaban J connectivity index is 4.09. The molecule has 0 heterocycles. The van der Waals surface area contributed by atoms with Crippen LogP contribution in [-0.2, 0) is 23.1 Å². The summed E-state index contributed by atoms with van der Waals surface area (Å²) < 4.78 is 25.6. The summed E-state index contributed by atoms with van der Waals surface area (Å²) in [6.07, 6.45) is -0.400.